The molecular formula is C8H11N5. The summed E-state index contributed by atoms with van der Waals surface area (Å²) in [7, 11) is 0. The minimum Gasteiger partial charge on any atom is -0.368 e. The number of nitrogen functional groups attached to an aromatic ring is 1. The zero-order valence-electron chi connectivity index (χ0n) is 7.57. The Morgan fingerprint density at radius 3 is 2.85 bits per heavy atom. The molecule has 68 valence electrons. The van der Waals surface area contributed by atoms with E-state index in [0.29, 0.717) is 11.6 Å². The second kappa shape index (κ2) is 2.69. The molecule has 5 heteroatoms. The summed E-state index contributed by atoms with van der Waals surface area (Å²) in [6, 6.07) is 0. The Labute approximate surface area is 75.4 Å². The summed E-state index contributed by atoms with van der Waals surface area (Å²) in [5.41, 5.74) is 6.90. The summed E-state index contributed by atoms with van der Waals surface area (Å²) in [6.45, 7) is 4.13. The van der Waals surface area contributed by atoms with Crippen LogP contribution in [0.5, 0.6) is 0 Å². The van der Waals surface area contributed by atoms with Gasteiger partial charge in [0, 0.05) is 5.92 Å². The van der Waals surface area contributed by atoms with Gasteiger partial charge in [-0.2, -0.15) is 4.98 Å². The smallest absolute Gasteiger partial charge is 0.222 e. The molecule has 2 rings (SSSR count). The number of nitrogens with zero attached hydrogens (tertiary/aromatic N) is 3. The van der Waals surface area contributed by atoms with Gasteiger partial charge in [-0.1, -0.05) is 13.8 Å². The van der Waals surface area contributed by atoms with Crippen molar-refractivity contribution in [1.29, 1.82) is 0 Å². The maximum absolute atomic E-state index is 5.43. The van der Waals surface area contributed by atoms with Crippen LogP contribution in [0, 0.1) is 0 Å². The fraction of sp³-hybridized carbons (Fsp3) is 0.375. The van der Waals surface area contributed by atoms with E-state index >= 15 is 0 Å². The van der Waals surface area contributed by atoms with E-state index in [-0.39, 0.29) is 5.95 Å². The van der Waals surface area contributed by atoms with E-state index < -0.39 is 0 Å². The molecule has 2 aromatic rings. The van der Waals surface area contributed by atoms with Crippen LogP contribution in [0.4, 0.5) is 5.95 Å². The van der Waals surface area contributed by atoms with Gasteiger partial charge in [-0.25, -0.2) is 9.97 Å². The summed E-state index contributed by atoms with van der Waals surface area (Å²) in [6.07, 6.45) is 1.65. The maximum Gasteiger partial charge on any atom is 0.222 e. The lowest BCUT2D eigenvalue weighted by Gasteiger charge is -1.95. The van der Waals surface area contributed by atoms with E-state index in [4.69, 9.17) is 5.73 Å². The summed E-state index contributed by atoms with van der Waals surface area (Å²) in [5, 5.41) is 0. The molecule has 0 radical (unpaired) electrons. The molecule has 0 amide bonds. The number of nitrogens with two attached hydrogens (primary N) is 1. The molecule has 3 N–H and O–H groups in total. The van der Waals surface area contributed by atoms with Crippen molar-refractivity contribution in [2.24, 2.45) is 0 Å². The molecule has 0 bridgehead atoms. The molecule has 0 saturated carbocycles. The minimum absolute atomic E-state index is 0.259. The highest BCUT2D eigenvalue weighted by Crippen LogP contribution is 2.14. The highest BCUT2D eigenvalue weighted by molar-refractivity contribution is 5.70. The van der Waals surface area contributed by atoms with Gasteiger partial charge in [0.05, 0.1) is 6.20 Å². The van der Waals surface area contributed by atoms with E-state index in [2.05, 4.69) is 33.8 Å². The summed E-state index contributed by atoms with van der Waals surface area (Å²) >= 11 is 0. The summed E-state index contributed by atoms with van der Waals surface area (Å²) < 4.78 is 0. The average Bonchev–Trinajstić information content (AvgIpc) is 2.46. The van der Waals surface area contributed by atoms with Gasteiger partial charge in [0.15, 0.2) is 5.65 Å². The first-order chi connectivity index (χ1) is 6.16. The molecule has 2 aromatic heterocycles. The Balaban J connectivity index is 2.62. The van der Waals surface area contributed by atoms with Crippen molar-refractivity contribution in [2.75, 3.05) is 5.73 Å². The molecule has 5 nitrogen and oxygen atoms in total. The Bertz CT molecular complexity index is 431. The van der Waals surface area contributed by atoms with E-state index in [1.165, 1.54) is 0 Å². The van der Waals surface area contributed by atoms with Crippen LogP contribution in [-0.4, -0.2) is 19.9 Å². The van der Waals surface area contributed by atoms with Crippen LogP contribution in [0.3, 0.4) is 0 Å². The van der Waals surface area contributed by atoms with E-state index in [0.717, 1.165) is 11.3 Å². The molecule has 0 aromatic carbocycles. The number of anilines is 1. The Morgan fingerprint density at radius 2 is 2.15 bits per heavy atom. The number of hydrogen-bond donors (Lipinski definition) is 2. The second-order valence-electron chi connectivity index (χ2n) is 3.24. The quantitative estimate of drug-likeness (QED) is 0.682. The molecule has 0 spiro atoms. The topological polar surface area (TPSA) is 80.5 Å². The van der Waals surface area contributed by atoms with Crippen LogP contribution in [0.15, 0.2) is 6.20 Å². The zero-order chi connectivity index (χ0) is 9.42. The third kappa shape index (κ3) is 1.32. The van der Waals surface area contributed by atoms with Crippen molar-refractivity contribution in [3.63, 3.8) is 0 Å². The van der Waals surface area contributed by atoms with Gasteiger partial charge in [-0.3, -0.25) is 0 Å². The van der Waals surface area contributed by atoms with Crippen LogP contribution in [-0.2, 0) is 0 Å². The SMILES string of the molecule is CC(C)c1nc2nc(N)ncc2[nH]1. The third-order valence-electron chi connectivity index (χ3n) is 1.82. The van der Waals surface area contributed by atoms with Gasteiger partial charge in [-0.05, 0) is 0 Å². The molecule has 0 unspecified atom stereocenters. The van der Waals surface area contributed by atoms with Gasteiger partial charge in [0.25, 0.3) is 0 Å². The standard InChI is InChI=1S/C8H11N5/c1-4(2)6-11-5-3-10-8(9)13-7(5)12-6/h3-4H,1-2H3,(H3,9,10,11,12,13). The van der Waals surface area contributed by atoms with Crippen molar-refractivity contribution < 1.29 is 0 Å². The molecule has 0 fully saturated rings. The number of H-pyrrole nitrogens is 1. The molecule has 0 saturated heterocycles. The van der Waals surface area contributed by atoms with E-state index in [1.807, 2.05) is 0 Å². The number of hydrogen-bond acceptors (Lipinski definition) is 4. The molecule has 0 aliphatic heterocycles. The molecule has 0 aliphatic rings. The molecule has 0 atom stereocenters. The second-order valence-corrected chi connectivity index (χ2v) is 3.24. The van der Waals surface area contributed by atoms with Crippen LogP contribution < -0.4 is 5.73 Å². The number of imidazole rings is 1. The van der Waals surface area contributed by atoms with Gasteiger partial charge in [0.2, 0.25) is 5.95 Å². The van der Waals surface area contributed by atoms with Crippen LogP contribution in [0.1, 0.15) is 25.6 Å². The lowest BCUT2D eigenvalue weighted by Crippen LogP contribution is -1.93. The predicted octanol–water partition coefficient (Wildman–Crippen LogP) is 1.06. The van der Waals surface area contributed by atoms with Crippen LogP contribution in [0.2, 0.25) is 0 Å². The number of rotatable bonds is 1. The van der Waals surface area contributed by atoms with Crippen molar-refractivity contribution in [2.45, 2.75) is 19.8 Å². The monoisotopic (exact) mass is 177 g/mol. The van der Waals surface area contributed by atoms with Gasteiger partial charge >= 0.3 is 0 Å². The first kappa shape index (κ1) is 7.97. The maximum atomic E-state index is 5.43. The van der Waals surface area contributed by atoms with Gasteiger partial charge in [-0.15, -0.1) is 0 Å². The van der Waals surface area contributed by atoms with Crippen molar-refractivity contribution in [3.05, 3.63) is 12.0 Å². The minimum atomic E-state index is 0.259. The first-order valence-electron chi connectivity index (χ1n) is 4.15. The largest absolute Gasteiger partial charge is 0.368 e. The summed E-state index contributed by atoms with van der Waals surface area (Å²) in [4.78, 5) is 15.3. The summed E-state index contributed by atoms with van der Waals surface area (Å²) in [5.74, 6) is 1.53. The Morgan fingerprint density at radius 1 is 1.38 bits per heavy atom. The average molecular weight is 177 g/mol. The van der Waals surface area contributed by atoms with Gasteiger partial charge < -0.3 is 10.7 Å². The Kier molecular flexibility index (Phi) is 1.65. The van der Waals surface area contributed by atoms with Crippen LogP contribution in [0.25, 0.3) is 11.2 Å². The predicted molar refractivity (Wildman–Crippen MR) is 50.2 cm³/mol. The molecule has 13 heavy (non-hydrogen) atoms. The number of aromatic nitrogens is 4. The molecular weight excluding hydrogens is 166 g/mol. The fourth-order valence-corrected chi connectivity index (χ4v) is 1.11. The highest BCUT2D eigenvalue weighted by atomic mass is 15.1. The lowest BCUT2D eigenvalue weighted by molar-refractivity contribution is 0.798. The first-order valence-corrected chi connectivity index (χ1v) is 4.15. The van der Waals surface area contributed by atoms with E-state index in [1.54, 1.807) is 6.20 Å². The van der Waals surface area contributed by atoms with Crippen molar-refractivity contribution in [1.82, 2.24) is 19.9 Å². The number of nitrogens with one attached hydrogen (secondary N) is 1. The molecule has 0 aliphatic carbocycles. The van der Waals surface area contributed by atoms with Crippen LogP contribution >= 0.6 is 0 Å². The zero-order valence-corrected chi connectivity index (χ0v) is 7.57. The normalized spacial score (nSPS) is 11.3. The van der Waals surface area contributed by atoms with Crippen molar-refractivity contribution >= 4 is 17.1 Å². The number of fused-ring (bicyclic) bond motifs is 1. The van der Waals surface area contributed by atoms with Gasteiger partial charge in [0.1, 0.15) is 11.3 Å². The highest BCUT2D eigenvalue weighted by Gasteiger charge is 2.07. The number of aromatic amines is 1. The van der Waals surface area contributed by atoms with Crippen molar-refractivity contribution in [3.8, 4) is 0 Å². The lowest BCUT2D eigenvalue weighted by atomic mass is 10.2. The Hall–Kier alpha value is -1.65. The fourth-order valence-electron chi connectivity index (χ4n) is 1.11. The molecule has 2 heterocycles. The van der Waals surface area contributed by atoms with E-state index in [9.17, 15) is 0 Å². The third-order valence-corrected chi connectivity index (χ3v) is 1.82.